The third-order valence-corrected chi connectivity index (χ3v) is 6.24. The van der Waals surface area contributed by atoms with Gasteiger partial charge in [0, 0.05) is 18.5 Å². The molecule has 0 atom stereocenters. The van der Waals surface area contributed by atoms with Gasteiger partial charge in [-0.15, -0.1) is 0 Å². The van der Waals surface area contributed by atoms with Gasteiger partial charge in [0.25, 0.3) is 0 Å². The Morgan fingerprint density at radius 1 is 1.04 bits per heavy atom. The summed E-state index contributed by atoms with van der Waals surface area (Å²) in [6.45, 7) is 0.705. The molecule has 1 amide bonds. The Hall–Kier alpha value is -1.55. The van der Waals surface area contributed by atoms with Gasteiger partial charge in [0.1, 0.15) is 0 Å². The molecule has 5 rings (SSSR count). The van der Waals surface area contributed by atoms with Crippen molar-refractivity contribution in [3.63, 3.8) is 0 Å². The van der Waals surface area contributed by atoms with Gasteiger partial charge >= 0.3 is 0 Å². The fourth-order valence-electron chi connectivity index (χ4n) is 5.70. The van der Waals surface area contributed by atoms with Crippen molar-refractivity contribution in [3.05, 3.63) is 24.3 Å². The molecule has 4 saturated carbocycles. The smallest absolute Gasteiger partial charge is 0.225 e. The van der Waals surface area contributed by atoms with Gasteiger partial charge in [0.2, 0.25) is 5.91 Å². The summed E-state index contributed by atoms with van der Waals surface area (Å²) in [5.74, 6) is 2.83. The summed E-state index contributed by atoms with van der Waals surface area (Å²) in [5, 5.41) is 10.00. The van der Waals surface area contributed by atoms with Crippen molar-refractivity contribution in [1.29, 1.82) is 0 Å². The van der Waals surface area contributed by atoms with Crippen molar-refractivity contribution >= 4 is 17.3 Å². The highest BCUT2D eigenvalue weighted by atomic mass is 16.1. The highest BCUT2D eigenvalue weighted by Gasteiger charge is 2.51. The van der Waals surface area contributed by atoms with Crippen LogP contribution in [-0.4, -0.2) is 25.0 Å². The van der Waals surface area contributed by atoms with Crippen LogP contribution in [0.4, 0.5) is 11.4 Å². The molecule has 0 aliphatic heterocycles. The summed E-state index contributed by atoms with van der Waals surface area (Å²) < 4.78 is 0. The van der Waals surface area contributed by atoms with Crippen LogP contribution < -0.4 is 16.0 Å². The van der Waals surface area contributed by atoms with E-state index in [-0.39, 0.29) is 11.4 Å². The van der Waals surface area contributed by atoms with Crippen LogP contribution >= 0.6 is 0 Å². The van der Waals surface area contributed by atoms with E-state index in [0.29, 0.717) is 13.0 Å². The fourth-order valence-corrected chi connectivity index (χ4v) is 5.70. The minimum absolute atomic E-state index is 0.0733. The molecule has 0 saturated heterocycles. The predicted octanol–water partition coefficient (Wildman–Crippen LogP) is 3.62. The Kier molecular flexibility index (Phi) is 4.25. The van der Waals surface area contributed by atoms with E-state index in [1.165, 1.54) is 38.5 Å². The molecule has 0 aromatic heterocycles. The monoisotopic (exact) mass is 327 g/mol. The average Bonchev–Trinajstić information content (AvgIpc) is 2.53. The lowest BCUT2D eigenvalue weighted by atomic mass is 9.53. The van der Waals surface area contributed by atoms with Gasteiger partial charge in [0.05, 0.1) is 11.4 Å². The average molecular weight is 327 g/mol. The van der Waals surface area contributed by atoms with Crippen LogP contribution in [-0.2, 0) is 4.79 Å². The number of amides is 1. The number of para-hydroxylation sites is 2. The minimum Gasteiger partial charge on any atom is -0.378 e. The number of benzene rings is 1. The lowest BCUT2D eigenvalue weighted by Crippen LogP contribution is -2.54. The molecule has 130 valence electrons. The highest BCUT2D eigenvalue weighted by Crippen LogP contribution is 2.56. The van der Waals surface area contributed by atoms with Crippen LogP contribution in [0, 0.1) is 17.8 Å². The summed E-state index contributed by atoms with van der Waals surface area (Å²) in [5.41, 5.74) is 2.28. The van der Waals surface area contributed by atoms with Crippen molar-refractivity contribution in [3.8, 4) is 0 Å². The van der Waals surface area contributed by atoms with Gasteiger partial charge in [-0.05, 0) is 75.5 Å². The standard InChI is InChI=1S/C20H29N3O/c1-21-7-6-19(24)22-17-4-2-3-5-18(17)23-20-11-14-8-15(12-20)10-16(9-14)13-20/h2-5,14-16,21,23H,6-13H2,1H3,(H,22,24). The van der Waals surface area contributed by atoms with Crippen LogP contribution in [0.15, 0.2) is 24.3 Å². The van der Waals surface area contributed by atoms with Crippen molar-refractivity contribution in [2.75, 3.05) is 24.2 Å². The first-order valence-electron chi connectivity index (χ1n) is 9.47. The zero-order chi connectivity index (χ0) is 16.6. The maximum absolute atomic E-state index is 12.1. The molecule has 1 aromatic rings. The molecular weight excluding hydrogens is 298 g/mol. The van der Waals surface area contributed by atoms with Crippen molar-refractivity contribution in [2.24, 2.45) is 17.8 Å². The normalized spacial score (nSPS) is 33.5. The molecule has 4 bridgehead atoms. The Balaban J connectivity index is 1.50. The van der Waals surface area contributed by atoms with E-state index in [1.54, 1.807) is 0 Å². The fraction of sp³-hybridized carbons (Fsp3) is 0.650. The first-order valence-corrected chi connectivity index (χ1v) is 9.47. The zero-order valence-corrected chi connectivity index (χ0v) is 14.6. The van der Waals surface area contributed by atoms with Crippen LogP contribution in [0.2, 0.25) is 0 Å². The minimum atomic E-state index is 0.0733. The molecule has 4 nitrogen and oxygen atoms in total. The molecule has 4 heteroatoms. The van der Waals surface area contributed by atoms with Crippen molar-refractivity contribution in [1.82, 2.24) is 5.32 Å². The van der Waals surface area contributed by atoms with E-state index in [2.05, 4.69) is 28.1 Å². The first kappa shape index (κ1) is 15.9. The summed E-state index contributed by atoms with van der Waals surface area (Å²) >= 11 is 0. The van der Waals surface area contributed by atoms with E-state index in [9.17, 15) is 4.79 Å². The summed E-state index contributed by atoms with van der Waals surface area (Å²) in [4.78, 5) is 12.1. The molecule has 0 unspecified atom stereocenters. The molecule has 4 fully saturated rings. The summed E-state index contributed by atoms with van der Waals surface area (Å²) in [7, 11) is 1.87. The SMILES string of the molecule is CNCCC(=O)Nc1ccccc1NC12CC3CC(CC(C3)C1)C2. The predicted molar refractivity (Wildman–Crippen MR) is 98.1 cm³/mol. The molecule has 1 aromatic carbocycles. The third-order valence-electron chi connectivity index (χ3n) is 6.24. The topological polar surface area (TPSA) is 53.2 Å². The number of anilines is 2. The molecule has 4 aliphatic carbocycles. The second-order valence-corrected chi connectivity index (χ2v) is 8.27. The number of hydrogen-bond donors (Lipinski definition) is 3. The lowest BCUT2D eigenvalue weighted by molar-refractivity contribution is -0.116. The van der Waals surface area contributed by atoms with Crippen LogP contribution in [0.5, 0.6) is 0 Å². The summed E-state index contributed by atoms with van der Waals surface area (Å²) in [6.07, 6.45) is 8.77. The molecule has 24 heavy (non-hydrogen) atoms. The second kappa shape index (κ2) is 6.40. The van der Waals surface area contributed by atoms with Gasteiger partial charge in [-0.2, -0.15) is 0 Å². The maximum Gasteiger partial charge on any atom is 0.225 e. The highest BCUT2D eigenvalue weighted by molar-refractivity contribution is 5.94. The third kappa shape index (κ3) is 3.16. The first-order chi connectivity index (χ1) is 11.7. The number of carbonyl (C=O) groups excluding carboxylic acids is 1. The largest absolute Gasteiger partial charge is 0.378 e. The lowest BCUT2D eigenvalue weighted by Gasteiger charge is -2.57. The van der Waals surface area contributed by atoms with Gasteiger partial charge in [-0.3, -0.25) is 4.79 Å². The Morgan fingerprint density at radius 3 is 2.21 bits per heavy atom. The van der Waals surface area contributed by atoms with E-state index in [1.807, 2.05) is 19.2 Å². The number of hydrogen-bond acceptors (Lipinski definition) is 3. The molecule has 4 aliphatic rings. The molecule has 0 spiro atoms. The van der Waals surface area contributed by atoms with E-state index >= 15 is 0 Å². The number of nitrogens with one attached hydrogen (secondary N) is 3. The Bertz CT molecular complexity index is 577. The molecule has 3 N–H and O–H groups in total. The van der Waals surface area contributed by atoms with Crippen molar-refractivity contribution < 1.29 is 4.79 Å². The summed E-state index contributed by atoms with van der Waals surface area (Å²) in [6, 6.07) is 8.19. The van der Waals surface area contributed by atoms with E-state index in [4.69, 9.17) is 0 Å². The Morgan fingerprint density at radius 2 is 1.62 bits per heavy atom. The Labute approximate surface area is 144 Å². The van der Waals surface area contributed by atoms with E-state index < -0.39 is 0 Å². The quantitative estimate of drug-likeness (QED) is 0.748. The number of rotatable bonds is 6. The van der Waals surface area contributed by atoms with Crippen molar-refractivity contribution in [2.45, 2.75) is 50.5 Å². The maximum atomic E-state index is 12.1. The van der Waals surface area contributed by atoms with E-state index in [0.717, 1.165) is 29.1 Å². The van der Waals surface area contributed by atoms with Crippen LogP contribution in [0.3, 0.4) is 0 Å². The van der Waals surface area contributed by atoms with Gasteiger partial charge in [0.15, 0.2) is 0 Å². The van der Waals surface area contributed by atoms with Gasteiger partial charge in [-0.25, -0.2) is 0 Å². The second-order valence-electron chi connectivity index (χ2n) is 8.27. The number of carbonyl (C=O) groups is 1. The molecule has 0 radical (unpaired) electrons. The van der Waals surface area contributed by atoms with Gasteiger partial charge in [-0.1, -0.05) is 12.1 Å². The van der Waals surface area contributed by atoms with Gasteiger partial charge < -0.3 is 16.0 Å². The van der Waals surface area contributed by atoms with Crippen LogP contribution in [0.1, 0.15) is 44.9 Å². The molecular formula is C20H29N3O. The molecule has 0 heterocycles. The van der Waals surface area contributed by atoms with Crippen LogP contribution in [0.25, 0.3) is 0 Å². The zero-order valence-electron chi connectivity index (χ0n) is 14.6.